The van der Waals surface area contributed by atoms with E-state index in [9.17, 15) is 23.1 Å². The largest absolute Gasteiger partial charge is 0.406 e. The molecule has 33 heavy (non-hydrogen) atoms. The van der Waals surface area contributed by atoms with Crippen LogP contribution < -0.4 is 11.3 Å². The first-order valence-electron chi connectivity index (χ1n) is 10.4. The molecule has 5 nitrogen and oxygen atoms in total. The van der Waals surface area contributed by atoms with E-state index in [1.807, 2.05) is 54.6 Å². The molecule has 2 heterocycles. The SMILES string of the molecule is N[C@]1(c2ccc(-c3sc4ncn(CC(F)(F)F)c(=O)c4c3-c3ccccc3)cc2)C[C@H](O)C1. The van der Waals surface area contributed by atoms with Crippen molar-refractivity contribution in [3.63, 3.8) is 0 Å². The number of hydrogen-bond acceptors (Lipinski definition) is 5. The van der Waals surface area contributed by atoms with Gasteiger partial charge < -0.3 is 10.8 Å². The summed E-state index contributed by atoms with van der Waals surface area (Å²) in [7, 11) is 0. The molecule has 0 radical (unpaired) electrons. The molecule has 4 aromatic rings. The number of thiophene rings is 1. The number of nitrogens with zero attached hydrogens (tertiary/aromatic N) is 2. The van der Waals surface area contributed by atoms with Gasteiger partial charge in [-0.05, 0) is 29.5 Å². The fourth-order valence-corrected chi connectivity index (χ4v) is 5.55. The first-order chi connectivity index (χ1) is 15.6. The average Bonchev–Trinajstić information content (AvgIpc) is 3.15. The van der Waals surface area contributed by atoms with Gasteiger partial charge in [0.2, 0.25) is 0 Å². The Kier molecular flexibility index (Phi) is 5.15. The number of hydrogen-bond donors (Lipinski definition) is 2. The molecule has 0 bridgehead atoms. The minimum Gasteiger partial charge on any atom is -0.393 e. The van der Waals surface area contributed by atoms with Crippen molar-refractivity contribution in [3.05, 3.63) is 76.8 Å². The summed E-state index contributed by atoms with van der Waals surface area (Å²) in [5.41, 5.74) is 8.10. The fraction of sp³-hybridized carbons (Fsp3) is 0.250. The molecule has 5 rings (SSSR count). The second-order valence-corrected chi connectivity index (χ2v) is 9.44. The van der Waals surface area contributed by atoms with Crippen molar-refractivity contribution in [2.24, 2.45) is 5.73 Å². The van der Waals surface area contributed by atoms with Gasteiger partial charge in [0.15, 0.2) is 0 Å². The van der Waals surface area contributed by atoms with Gasteiger partial charge in [-0.3, -0.25) is 9.36 Å². The topological polar surface area (TPSA) is 81.1 Å². The van der Waals surface area contributed by atoms with Crippen molar-refractivity contribution in [2.75, 3.05) is 0 Å². The van der Waals surface area contributed by atoms with E-state index in [-0.39, 0.29) is 5.39 Å². The minimum absolute atomic E-state index is 0.175. The highest BCUT2D eigenvalue weighted by atomic mass is 32.1. The van der Waals surface area contributed by atoms with Gasteiger partial charge in [-0.25, -0.2) is 4.98 Å². The average molecular weight is 472 g/mol. The van der Waals surface area contributed by atoms with Crippen molar-refractivity contribution in [1.29, 1.82) is 0 Å². The van der Waals surface area contributed by atoms with E-state index in [0.717, 1.165) is 27.9 Å². The third kappa shape index (κ3) is 3.96. The molecule has 0 unspecified atom stereocenters. The zero-order valence-electron chi connectivity index (χ0n) is 17.3. The number of aliphatic hydroxyl groups is 1. The maximum atomic E-state index is 13.1. The van der Waals surface area contributed by atoms with E-state index in [0.29, 0.717) is 27.8 Å². The second-order valence-electron chi connectivity index (χ2n) is 8.44. The van der Waals surface area contributed by atoms with Crippen LogP contribution in [0.5, 0.6) is 0 Å². The number of alkyl halides is 3. The molecule has 0 saturated heterocycles. The Morgan fingerprint density at radius 2 is 1.76 bits per heavy atom. The van der Waals surface area contributed by atoms with Crippen LogP contribution >= 0.6 is 11.3 Å². The van der Waals surface area contributed by atoms with Gasteiger partial charge in [0.05, 0.1) is 17.8 Å². The number of halogens is 3. The van der Waals surface area contributed by atoms with E-state index < -0.39 is 29.9 Å². The zero-order valence-corrected chi connectivity index (χ0v) is 18.2. The summed E-state index contributed by atoms with van der Waals surface area (Å²) in [6, 6.07) is 16.7. The van der Waals surface area contributed by atoms with Crippen LogP contribution in [-0.2, 0) is 12.1 Å². The monoisotopic (exact) mass is 471 g/mol. The molecule has 0 spiro atoms. The summed E-state index contributed by atoms with van der Waals surface area (Å²) in [6.45, 7) is -1.40. The Morgan fingerprint density at radius 3 is 2.36 bits per heavy atom. The number of aromatic nitrogens is 2. The molecular weight excluding hydrogens is 451 g/mol. The molecule has 1 saturated carbocycles. The van der Waals surface area contributed by atoms with Crippen LogP contribution in [-0.4, -0.2) is 26.9 Å². The highest BCUT2D eigenvalue weighted by Gasteiger charge is 2.41. The predicted octanol–water partition coefficient (Wildman–Crippen LogP) is 4.66. The van der Waals surface area contributed by atoms with Crippen molar-refractivity contribution >= 4 is 21.6 Å². The zero-order chi connectivity index (χ0) is 23.4. The number of rotatable bonds is 4. The molecule has 2 aromatic carbocycles. The molecule has 0 amide bonds. The first kappa shape index (κ1) is 21.8. The van der Waals surface area contributed by atoms with Gasteiger partial charge in [0.1, 0.15) is 11.4 Å². The summed E-state index contributed by atoms with van der Waals surface area (Å²) in [5.74, 6) is 0. The summed E-state index contributed by atoms with van der Waals surface area (Å²) in [6.07, 6.45) is -2.99. The second kappa shape index (κ2) is 7.79. The predicted molar refractivity (Wildman–Crippen MR) is 122 cm³/mol. The van der Waals surface area contributed by atoms with Crippen molar-refractivity contribution in [3.8, 4) is 21.6 Å². The minimum atomic E-state index is -4.53. The van der Waals surface area contributed by atoms with Crippen LogP contribution in [0.25, 0.3) is 31.8 Å². The molecule has 0 aliphatic heterocycles. The fourth-order valence-electron chi connectivity index (χ4n) is 4.39. The molecule has 2 aromatic heterocycles. The number of benzene rings is 2. The summed E-state index contributed by atoms with van der Waals surface area (Å²) < 4.78 is 39.6. The van der Waals surface area contributed by atoms with Gasteiger partial charge in [-0.1, -0.05) is 54.6 Å². The Bertz CT molecular complexity index is 1370. The van der Waals surface area contributed by atoms with Crippen LogP contribution in [0.15, 0.2) is 65.7 Å². The van der Waals surface area contributed by atoms with E-state index in [4.69, 9.17) is 5.73 Å². The third-order valence-electron chi connectivity index (χ3n) is 6.01. The van der Waals surface area contributed by atoms with E-state index >= 15 is 0 Å². The summed E-state index contributed by atoms with van der Waals surface area (Å²) >= 11 is 1.27. The molecule has 1 aliphatic carbocycles. The van der Waals surface area contributed by atoms with Crippen LogP contribution in [0.1, 0.15) is 18.4 Å². The standard InChI is InChI=1S/C24H20F3N3O2S/c25-24(26,27)12-30-13-29-21-19(22(30)32)18(14-4-2-1-3-5-14)20(33-21)15-6-8-16(9-7-15)23(28)10-17(31)11-23/h1-9,13,17,31H,10-12,28H2/t17-,23+. The molecule has 9 heteroatoms. The normalized spacial score (nSPS) is 20.7. The Hall–Kier alpha value is -3.01. The maximum Gasteiger partial charge on any atom is 0.406 e. The Labute approximate surface area is 190 Å². The van der Waals surface area contributed by atoms with E-state index in [1.54, 1.807) is 0 Å². The quantitative estimate of drug-likeness (QED) is 0.454. The lowest BCUT2D eigenvalue weighted by Crippen LogP contribution is -2.51. The molecule has 1 fully saturated rings. The van der Waals surface area contributed by atoms with Crippen LogP contribution in [0.4, 0.5) is 13.2 Å². The number of fused-ring (bicyclic) bond motifs is 1. The molecule has 0 atom stereocenters. The van der Waals surface area contributed by atoms with E-state index in [1.165, 1.54) is 11.3 Å². The summed E-state index contributed by atoms with van der Waals surface area (Å²) in [4.78, 5) is 18.4. The summed E-state index contributed by atoms with van der Waals surface area (Å²) in [5, 5.41) is 9.83. The molecule has 1 aliphatic rings. The third-order valence-corrected chi connectivity index (χ3v) is 7.16. The lowest BCUT2D eigenvalue weighted by atomic mass is 9.70. The van der Waals surface area contributed by atoms with Crippen molar-refractivity contribution in [2.45, 2.75) is 37.2 Å². The highest BCUT2D eigenvalue weighted by Crippen LogP contribution is 2.44. The molecule has 3 N–H and O–H groups in total. The smallest absolute Gasteiger partial charge is 0.393 e. The lowest BCUT2D eigenvalue weighted by molar-refractivity contribution is -0.141. The van der Waals surface area contributed by atoms with Crippen molar-refractivity contribution < 1.29 is 18.3 Å². The maximum absolute atomic E-state index is 13.1. The van der Waals surface area contributed by atoms with Crippen molar-refractivity contribution in [1.82, 2.24) is 9.55 Å². The van der Waals surface area contributed by atoms with Gasteiger partial charge in [0, 0.05) is 16.0 Å². The Balaban J connectivity index is 1.68. The van der Waals surface area contributed by atoms with Gasteiger partial charge in [-0.15, -0.1) is 11.3 Å². The lowest BCUT2D eigenvalue weighted by Gasteiger charge is -2.42. The van der Waals surface area contributed by atoms with Gasteiger partial charge in [-0.2, -0.15) is 13.2 Å². The Morgan fingerprint density at radius 1 is 1.09 bits per heavy atom. The number of nitrogens with two attached hydrogens (primary N) is 1. The van der Waals surface area contributed by atoms with Crippen LogP contribution in [0, 0.1) is 0 Å². The molecule has 170 valence electrons. The van der Waals surface area contributed by atoms with Gasteiger partial charge in [0.25, 0.3) is 5.56 Å². The number of aliphatic hydroxyl groups excluding tert-OH is 1. The van der Waals surface area contributed by atoms with Crippen LogP contribution in [0.2, 0.25) is 0 Å². The van der Waals surface area contributed by atoms with E-state index in [2.05, 4.69) is 4.98 Å². The van der Waals surface area contributed by atoms with Crippen LogP contribution in [0.3, 0.4) is 0 Å². The first-order valence-corrected chi connectivity index (χ1v) is 11.2. The molecular formula is C24H20F3N3O2S. The van der Waals surface area contributed by atoms with Gasteiger partial charge >= 0.3 is 6.18 Å². The highest BCUT2D eigenvalue weighted by molar-refractivity contribution is 7.22.